The van der Waals surface area contributed by atoms with Gasteiger partial charge in [-0.2, -0.15) is 0 Å². The molecule has 0 amide bonds. The first-order chi connectivity index (χ1) is 9.81. The maximum Gasteiger partial charge on any atom is 0.373 e. The summed E-state index contributed by atoms with van der Waals surface area (Å²) < 4.78 is 9.00. The van der Waals surface area contributed by atoms with Crippen molar-refractivity contribution in [2.75, 3.05) is 14.2 Å². The molecule has 0 radical (unpaired) electrons. The molecule has 0 heterocycles. The van der Waals surface area contributed by atoms with Gasteiger partial charge in [0, 0.05) is 12.1 Å². The summed E-state index contributed by atoms with van der Waals surface area (Å²) >= 11 is 0. The Morgan fingerprint density at radius 3 is 2.19 bits per heavy atom. The van der Waals surface area contributed by atoms with Crippen LogP contribution in [0, 0.1) is 20.2 Å². The largest absolute Gasteiger partial charge is 0.502 e. The Balaban J connectivity index is 3.54. The van der Waals surface area contributed by atoms with Crippen LogP contribution in [0.4, 0.5) is 11.4 Å². The number of benzene rings is 1. The minimum Gasteiger partial charge on any atom is -0.502 e. The molecule has 0 aliphatic carbocycles. The number of nitrogens with zero attached hydrogens (tertiary/aromatic N) is 2. The van der Waals surface area contributed by atoms with Crippen LogP contribution in [0.5, 0.6) is 5.75 Å². The summed E-state index contributed by atoms with van der Waals surface area (Å²) in [5, 5.41) is 31.1. The fourth-order valence-corrected chi connectivity index (χ4v) is 1.46. The third-order valence-corrected chi connectivity index (χ3v) is 2.41. The van der Waals surface area contributed by atoms with Crippen LogP contribution in [0.3, 0.4) is 0 Å². The van der Waals surface area contributed by atoms with Crippen molar-refractivity contribution in [1.29, 1.82) is 0 Å². The van der Waals surface area contributed by atoms with Crippen molar-refractivity contribution in [3.05, 3.63) is 43.7 Å². The van der Waals surface area contributed by atoms with Crippen LogP contribution < -0.4 is 4.74 Å². The maximum atomic E-state index is 11.1. The van der Waals surface area contributed by atoms with E-state index in [9.17, 15) is 30.1 Å². The number of aliphatic hydroxyl groups excluding tert-OH is 1. The van der Waals surface area contributed by atoms with Gasteiger partial charge >= 0.3 is 11.7 Å². The summed E-state index contributed by atoms with van der Waals surface area (Å²) in [6.45, 7) is 0. The topological polar surface area (TPSA) is 142 Å². The Bertz CT molecular complexity index is 637. The van der Waals surface area contributed by atoms with Crippen molar-refractivity contribution in [3.8, 4) is 5.75 Å². The Morgan fingerprint density at radius 2 is 1.76 bits per heavy atom. The molecule has 21 heavy (non-hydrogen) atoms. The molecule has 1 N–H and O–H groups in total. The third-order valence-electron chi connectivity index (χ3n) is 2.41. The van der Waals surface area contributed by atoms with Gasteiger partial charge < -0.3 is 14.6 Å². The number of esters is 1. The fraction of sp³-hybridized carbons (Fsp3) is 0.182. The Hall–Kier alpha value is -3.17. The number of rotatable bonds is 5. The number of nitro groups is 2. The van der Waals surface area contributed by atoms with Crippen LogP contribution in [0.15, 0.2) is 17.9 Å². The van der Waals surface area contributed by atoms with Crippen LogP contribution >= 0.6 is 0 Å². The number of ether oxygens (including phenoxy) is 2. The van der Waals surface area contributed by atoms with Gasteiger partial charge in [0.15, 0.2) is 5.75 Å². The average Bonchev–Trinajstić information content (AvgIpc) is 2.44. The van der Waals surface area contributed by atoms with Crippen LogP contribution in [0.1, 0.15) is 5.56 Å². The highest BCUT2D eigenvalue weighted by Gasteiger charge is 2.25. The van der Waals surface area contributed by atoms with Crippen molar-refractivity contribution >= 4 is 23.4 Å². The van der Waals surface area contributed by atoms with Crippen LogP contribution in [0.2, 0.25) is 0 Å². The third kappa shape index (κ3) is 3.43. The first-order valence-electron chi connectivity index (χ1n) is 5.31. The zero-order chi connectivity index (χ0) is 16.2. The molecule has 1 aromatic rings. The van der Waals surface area contributed by atoms with Gasteiger partial charge in [-0.1, -0.05) is 0 Å². The van der Waals surface area contributed by atoms with Crippen LogP contribution in [0.25, 0.3) is 6.08 Å². The monoisotopic (exact) mass is 298 g/mol. The molecule has 0 unspecified atom stereocenters. The van der Waals surface area contributed by atoms with Gasteiger partial charge in [0.2, 0.25) is 5.76 Å². The van der Waals surface area contributed by atoms with Crippen molar-refractivity contribution in [1.82, 2.24) is 0 Å². The summed E-state index contributed by atoms with van der Waals surface area (Å²) in [7, 11) is 2.15. The minimum absolute atomic E-state index is 0.245. The molecule has 1 rings (SSSR count). The van der Waals surface area contributed by atoms with E-state index in [2.05, 4.69) is 4.74 Å². The molecule has 10 nitrogen and oxygen atoms in total. The lowest BCUT2D eigenvalue weighted by atomic mass is 10.1. The minimum atomic E-state index is -1.11. The molecule has 10 heteroatoms. The van der Waals surface area contributed by atoms with Gasteiger partial charge in [-0.15, -0.1) is 0 Å². The van der Waals surface area contributed by atoms with Crippen molar-refractivity contribution in [2.24, 2.45) is 0 Å². The van der Waals surface area contributed by atoms with E-state index in [4.69, 9.17) is 4.74 Å². The lowest BCUT2D eigenvalue weighted by Crippen LogP contribution is -2.04. The van der Waals surface area contributed by atoms with Crippen LogP contribution in [-0.2, 0) is 9.53 Å². The number of hydrogen-bond donors (Lipinski definition) is 1. The first kappa shape index (κ1) is 15.9. The predicted molar refractivity (Wildman–Crippen MR) is 68.9 cm³/mol. The number of carbonyl (C=O) groups excluding carboxylic acids is 1. The molecule has 1 aromatic carbocycles. The van der Waals surface area contributed by atoms with E-state index in [1.165, 1.54) is 0 Å². The van der Waals surface area contributed by atoms with Gasteiger partial charge in [-0.05, 0) is 0 Å². The quantitative estimate of drug-likeness (QED) is 0.284. The zero-order valence-electron chi connectivity index (χ0n) is 10.9. The van der Waals surface area contributed by atoms with Crippen molar-refractivity contribution < 1.29 is 29.2 Å². The summed E-state index contributed by atoms with van der Waals surface area (Å²) in [6, 6.07) is 1.64. The van der Waals surface area contributed by atoms with E-state index in [-0.39, 0.29) is 11.3 Å². The molecule has 0 bridgehead atoms. The summed E-state index contributed by atoms with van der Waals surface area (Å²) in [4.78, 5) is 31.1. The Kier molecular flexibility index (Phi) is 4.78. The standard InChI is InChI=1S/C11H10N2O8/c1-20-10-4-6(3-9(14)11(15)21-2)7(12(16)17)5-8(10)13(18)19/h3-5,14H,1-2H3. The highest BCUT2D eigenvalue weighted by atomic mass is 16.6. The maximum absolute atomic E-state index is 11.1. The number of nitro benzene ring substituents is 2. The molecule has 0 aliphatic heterocycles. The molecule has 0 aromatic heterocycles. The number of aliphatic hydroxyl groups is 1. The summed E-state index contributed by atoms with van der Waals surface area (Å²) in [6.07, 6.45) is 0.760. The molecule has 0 saturated heterocycles. The smallest absolute Gasteiger partial charge is 0.373 e. The van der Waals surface area contributed by atoms with Gasteiger partial charge in [-0.3, -0.25) is 20.2 Å². The number of carbonyl (C=O) groups is 1. The summed E-state index contributed by atoms with van der Waals surface area (Å²) in [5.74, 6) is -2.26. The lowest BCUT2D eigenvalue weighted by molar-refractivity contribution is -0.394. The van der Waals surface area contributed by atoms with Gasteiger partial charge in [-0.25, -0.2) is 4.79 Å². The van der Waals surface area contributed by atoms with E-state index >= 15 is 0 Å². The van der Waals surface area contributed by atoms with Crippen molar-refractivity contribution in [2.45, 2.75) is 0 Å². The van der Waals surface area contributed by atoms with Crippen molar-refractivity contribution in [3.63, 3.8) is 0 Å². The molecular weight excluding hydrogens is 288 g/mol. The summed E-state index contributed by atoms with van der Waals surface area (Å²) in [5.41, 5.74) is -1.53. The number of methoxy groups -OCH3 is 2. The second-order valence-corrected chi connectivity index (χ2v) is 3.62. The van der Waals surface area contributed by atoms with Gasteiger partial charge in [0.25, 0.3) is 5.69 Å². The van der Waals surface area contributed by atoms with E-state index in [0.29, 0.717) is 6.07 Å². The zero-order valence-corrected chi connectivity index (χ0v) is 10.9. The van der Waals surface area contributed by atoms with Crippen LogP contribution in [-0.4, -0.2) is 35.1 Å². The second kappa shape index (κ2) is 6.32. The first-order valence-corrected chi connectivity index (χ1v) is 5.31. The van der Waals surface area contributed by atoms with Gasteiger partial charge in [0.05, 0.1) is 35.7 Å². The predicted octanol–water partition coefficient (Wildman–Crippen LogP) is 1.58. The average molecular weight is 298 g/mol. The van der Waals surface area contributed by atoms with E-state index in [1.807, 2.05) is 0 Å². The molecule has 0 aliphatic rings. The molecular formula is C11H10N2O8. The molecule has 0 spiro atoms. The molecule has 0 saturated carbocycles. The lowest BCUT2D eigenvalue weighted by Gasteiger charge is -2.04. The Morgan fingerprint density at radius 1 is 1.19 bits per heavy atom. The fourth-order valence-electron chi connectivity index (χ4n) is 1.46. The molecule has 0 atom stereocenters. The number of hydrogen-bond acceptors (Lipinski definition) is 8. The Labute approximate surface area is 117 Å². The second-order valence-electron chi connectivity index (χ2n) is 3.62. The van der Waals surface area contributed by atoms with E-state index in [1.54, 1.807) is 0 Å². The highest BCUT2D eigenvalue weighted by Crippen LogP contribution is 2.35. The van der Waals surface area contributed by atoms with Gasteiger partial charge in [0.1, 0.15) is 0 Å². The molecule has 0 fully saturated rings. The van der Waals surface area contributed by atoms with E-state index < -0.39 is 32.9 Å². The molecule has 112 valence electrons. The normalized spacial score (nSPS) is 10.9. The SMILES string of the molecule is COC(=O)C(O)=Cc1cc(OC)c([N+](=O)[O-])cc1[N+](=O)[O-]. The van der Waals surface area contributed by atoms with E-state index in [0.717, 1.165) is 26.4 Å². The highest BCUT2D eigenvalue weighted by molar-refractivity contribution is 5.92.